The maximum Gasteiger partial charge on any atom is 0.223 e. The van der Waals surface area contributed by atoms with E-state index in [-0.39, 0.29) is 0 Å². The van der Waals surface area contributed by atoms with Crippen LogP contribution in [-0.2, 0) is 0 Å². The molecular weight excluding hydrogens is 264 g/mol. The number of nitrogen functional groups attached to an aromatic ring is 1. The van der Waals surface area contributed by atoms with E-state index in [0.717, 1.165) is 49.7 Å². The van der Waals surface area contributed by atoms with Crippen molar-refractivity contribution in [1.29, 1.82) is 0 Å². The Morgan fingerprint density at radius 1 is 1.29 bits per heavy atom. The maximum atomic E-state index is 5.89. The zero-order valence-corrected chi connectivity index (χ0v) is 12.4. The van der Waals surface area contributed by atoms with Crippen molar-refractivity contribution >= 4 is 17.6 Å². The predicted molar refractivity (Wildman–Crippen MR) is 84.4 cm³/mol. The summed E-state index contributed by atoms with van der Waals surface area (Å²) in [6, 6.07) is 2.66. The second-order valence-corrected chi connectivity index (χ2v) is 6.66. The van der Waals surface area contributed by atoms with Gasteiger partial charge in [0.05, 0.1) is 0 Å². The Hall–Kier alpha value is -1.56. The lowest BCUT2D eigenvalue weighted by Gasteiger charge is -2.24. The molecule has 1 aromatic heterocycles. The Balaban J connectivity index is 1.48. The van der Waals surface area contributed by atoms with E-state index < -0.39 is 0 Å². The van der Waals surface area contributed by atoms with Crippen molar-refractivity contribution in [2.45, 2.75) is 31.7 Å². The Morgan fingerprint density at radius 3 is 3.00 bits per heavy atom. The topological polar surface area (TPSA) is 79.1 Å². The number of fused-ring (bicyclic) bond motifs is 1. The average molecular weight is 288 g/mol. The molecule has 114 valence electrons. The van der Waals surface area contributed by atoms with Crippen molar-refractivity contribution in [1.82, 2.24) is 15.3 Å². The molecule has 0 bridgehead atoms. The Labute approximate surface area is 125 Å². The van der Waals surface area contributed by atoms with Crippen LogP contribution in [0.25, 0.3) is 0 Å². The first kappa shape index (κ1) is 13.1. The Kier molecular flexibility index (Phi) is 3.33. The van der Waals surface area contributed by atoms with E-state index in [9.17, 15) is 0 Å². The monoisotopic (exact) mass is 288 g/mol. The predicted octanol–water partition coefficient (Wildman–Crippen LogP) is 1.07. The van der Waals surface area contributed by atoms with E-state index in [2.05, 4.69) is 31.6 Å². The van der Waals surface area contributed by atoms with Gasteiger partial charge in [0.25, 0.3) is 0 Å². The van der Waals surface area contributed by atoms with Gasteiger partial charge in [0.15, 0.2) is 0 Å². The molecule has 3 aliphatic rings. The molecule has 2 aliphatic heterocycles. The van der Waals surface area contributed by atoms with Crippen LogP contribution in [0.2, 0.25) is 0 Å². The van der Waals surface area contributed by atoms with E-state index in [1.807, 2.05) is 0 Å². The fourth-order valence-electron chi connectivity index (χ4n) is 3.51. The fraction of sp³-hybridized carbons (Fsp3) is 0.733. The van der Waals surface area contributed by atoms with E-state index >= 15 is 0 Å². The molecule has 3 fully saturated rings. The lowest BCUT2D eigenvalue weighted by atomic mass is 9.94. The molecule has 1 aromatic rings. The molecule has 6 nitrogen and oxygen atoms in total. The molecular formula is C15H24N6. The smallest absolute Gasteiger partial charge is 0.223 e. The molecule has 1 saturated carbocycles. The molecule has 3 heterocycles. The SMILES string of the molecule is Nc1nc(NCC2CC2)cc(N2CC3CCCNC3C2)n1. The van der Waals surface area contributed by atoms with Crippen molar-refractivity contribution in [3.8, 4) is 0 Å². The number of hydrogen-bond acceptors (Lipinski definition) is 6. The first-order valence-electron chi connectivity index (χ1n) is 8.15. The Bertz CT molecular complexity index is 501. The summed E-state index contributed by atoms with van der Waals surface area (Å²) in [7, 11) is 0. The van der Waals surface area contributed by atoms with Crippen LogP contribution in [0.3, 0.4) is 0 Å². The summed E-state index contributed by atoms with van der Waals surface area (Å²) in [6.07, 6.45) is 5.28. The van der Waals surface area contributed by atoms with E-state index in [4.69, 9.17) is 5.73 Å². The lowest BCUT2D eigenvalue weighted by Crippen LogP contribution is -2.40. The van der Waals surface area contributed by atoms with Gasteiger partial charge >= 0.3 is 0 Å². The second-order valence-electron chi connectivity index (χ2n) is 6.66. The van der Waals surface area contributed by atoms with Crippen molar-refractivity contribution < 1.29 is 0 Å². The molecule has 2 unspecified atom stereocenters. The minimum atomic E-state index is 0.369. The van der Waals surface area contributed by atoms with Crippen molar-refractivity contribution in [3.63, 3.8) is 0 Å². The molecule has 2 saturated heterocycles. The number of nitrogens with zero attached hydrogens (tertiary/aromatic N) is 3. The summed E-state index contributed by atoms with van der Waals surface area (Å²) in [5.41, 5.74) is 5.89. The number of nitrogens with one attached hydrogen (secondary N) is 2. The van der Waals surface area contributed by atoms with E-state index in [0.29, 0.717) is 12.0 Å². The van der Waals surface area contributed by atoms with Gasteiger partial charge < -0.3 is 21.3 Å². The third kappa shape index (κ3) is 2.90. The highest BCUT2D eigenvalue weighted by Crippen LogP contribution is 2.31. The maximum absolute atomic E-state index is 5.89. The quantitative estimate of drug-likeness (QED) is 0.769. The van der Waals surface area contributed by atoms with Crippen LogP contribution in [0.4, 0.5) is 17.6 Å². The number of aromatic nitrogens is 2. The van der Waals surface area contributed by atoms with Crippen LogP contribution in [0.1, 0.15) is 25.7 Å². The number of piperidine rings is 1. The van der Waals surface area contributed by atoms with Crippen LogP contribution in [0, 0.1) is 11.8 Å². The molecule has 0 radical (unpaired) electrons. The molecule has 21 heavy (non-hydrogen) atoms. The van der Waals surface area contributed by atoms with Gasteiger partial charge in [0.1, 0.15) is 11.6 Å². The first-order valence-corrected chi connectivity index (χ1v) is 8.15. The lowest BCUT2D eigenvalue weighted by molar-refractivity contribution is 0.340. The van der Waals surface area contributed by atoms with Crippen molar-refractivity contribution in [2.24, 2.45) is 11.8 Å². The number of rotatable bonds is 4. The highest BCUT2D eigenvalue weighted by molar-refractivity contribution is 5.53. The second kappa shape index (κ2) is 5.33. The van der Waals surface area contributed by atoms with Gasteiger partial charge in [-0.2, -0.15) is 9.97 Å². The highest BCUT2D eigenvalue weighted by atomic mass is 15.3. The summed E-state index contributed by atoms with van der Waals surface area (Å²) in [4.78, 5) is 11.1. The number of anilines is 3. The molecule has 4 N–H and O–H groups in total. The molecule has 0 amide bonds. The molecule has 4 rings (SSSR count). The normalized spacial score (nSPS) is 28.5. The van der Waals surface area contributed by atoms with Crippen LogP contribution in [-0.4, -0.2) is 42.2 Å². The molecule has 6 heteroatoms. The molecule has 0 spiro atoms. The summed E-state index contributed by atoms with van der Waals surface area (Å²) in [5, 5.41) is 7.03. The highest BCUT2D eigenvalue weighted by Gasteiger charge is 2.35. The standard InChI is InChI=1S/C15H24N6/c16-15-19-13(18-7-10-3-4-10)6-14(20-15)21-8-11-2-1-5-17-12(11)9-21/h6,10-12,17H,1-5,7-9H2,(H3,16,18,19,20). The van der Waals surface area contributed by atoms with Gasteiger partial charge in [-0.3, -0.25) is 0 Å². The molecule has 0 aromatic carbocycles. The van der Waals surface area contributed by atoms with Crippen molar-refractivity contribution in [3.05, 3.63) is 6.07 Å². The van der Waals surface area contributed by atoms with Gasteiger partial charge in [-0.25, -0.2) is 0 Å². The van der Waals surface area contributed by atoms with Gasteiger partial charge in [-0.1, -0.05) is 0 Å². The van der Waals surface area contributed by atoms with Crippen LogP contribution >= 0.6 is 0 Å². The third-order valence-corrected chi connectivity index (χ3v) is 4.92. The fourth-order valence-corrected chi connectivity index (χ4v) is 3.51. The van der Waals surface area contributed by atoms with Crippen molar-refractivity contribution in [2.75, 3.05) is 42.1 Å². The summed E-state index contributed by atoms with van der Waals surface area (Å²) in [5.74, 6) is 3.78. The minimum absolute atomic E-state index is 0.369. The Morgan fingerprint density at radius 2 is 2.19 bits per heavy atom. The third-order valence-electron chi connectivity index (χ3n) is 4.92. The summed E-state index contributed by atoms with van der Waals surface area (Å²) in [6.45, 7) is 4.26. The average Bonchev–Trinajstić information content (AvgIpc) is 3.21. The van der Waals surface area contributed by atoms with Gasteiger partial charge in [-0.15, -0.1) is 0 Å². The first-order chi connectivity index (χ1) is 10.3. The number of nitrogens with two attached hydrogens (primary N) is 1. The van der Waals surface area contributed by atoms with Crippen LogP contribution < -0.4 is 21.3 Å². The molecule has 2 atom stereocenters. The van der Waals surface area contributed by atoms with Crippen LogP contribution in [0.15, 0.2) is 6.07 Å². The summed E-state index contributed by atoms with van der Waals surface area (Å²) >= 11 is 0. The zero-order valence-electron chi connectivity index (χ0n) is 12.4. The van der Waals surface area contributed by atoms with E-state index in [1.165, 1.54) is 25.7 Å². The van der Waals surface area contributed by atoms with Gasteiger partial charge in [0, 0.05) is 31.7 Å². The zero-order chi connectivity index (χ0) is 14.2. The minimum Gasteiger partial charge on any atom is -0.370 e. The van der Waals surface area contributed by atoms with Crippen LogP contribution in [0.5, 0.6) is 0 Å². The van der Waals surface area contributed by atoms with Gasteiger partial charge in [-0.05, 0) is 44.1 Å². The largest absolute Gasteiger partial charge is 0.370 e. The summed E-state index contributed by atoms with van der Waals surface area (Å²) < 4.78 is 0. The van der Waals surface area contributed by atoms with Gasteiger partial charge in [0.2, 0.25) is 5.95 Å². The number of hydrogen-bond donors (Lipinski definition) is 3. The molecule has 1 aliphatic carbocycles. The van der Waals surface area contributed by atoms with E-state index in [1.54, 1.807) is 0 Å².